The Labute approximate surface area is 105 Å². The van der Waals surface area contributed by atoms with Gasteiger partial charge in [0.1, 0.15) is 5.75 Å². The molecule has 0 radical (unpaired) electrons. The monoisotopic (exact) mass is 294 g/mol. The predicted molar refractivity (Wildman–Crippen MR) is 65.1 cm³/mol. The van der Waals surface area contributed by atoms with Gasteiger partial charge in [-0.1, -0.05) is 6.07 Å². The third-order valence-corrected chi connectivity index (χ3v) is 2.57. The number of nitro groups is 1. The molecule has 0 saturated carbocycles. The fourth-order valence-electron chi connectivity index (χ4n) is 1.22. The molecule has 0 aliphatic rings. The van der Waals surface area contributed by atoms with Crippen LogP contribution >= 0.6 is 15.9 Å². The molecule has 0 bridgehead atoms. The zero-order valence-electron chi connectivity index (χ0n) is 8.54. The van der Waals surface area contributed by atoms with E-state index in [1.165, 1.54) is 12.1 Å². The third kappa shape index (κ3) is 2.79. The normalized spacial score (nSPS) is 9.94. The van der Waals surface area contributed by atoms with E-state index in [1.807, 2.05) is 0 Å². The average molecular weight is 295 g/mol. The number of benzene rings is 1. The minimum absolute atomic E-state index is 0.0189. The maximum atomic E-state index is 10.6. The van der Waals surface area contributed by atoms with Crippen LogP contribution in [-0.2, 0) is 0 Å². The van der Waals surface area contributed by atoms with Gasteiger partial charge in [0, 0.05) is 12.3 Å². The number of nitrogens with zero attached hydrogens (tertiary/aromatic N) is 2. The highest BCUT2D eigenvalue weighted by molar-refractivity contribution is 9.10. The highest BCUT2D eigenvalue weighted by Gasteiger charge is 2.08. The molecule has 0 spiro atoms. The largest absolute Gasteiger partial charge is 0.438 e. The number of nitro benzene ring substituents is 1. The van der Waals surface area contributed by atoms with E-state index in [-0.39, 0.29) is 5.69 Å². The summed E-state index contributed by atoms with van der Waals surface area (Å²) in [4.78, 5) is 14.1. The Morgan fingerprint density at radius 2 is 2.12 bits per heavy atom. The second-order valence-electron chi connectivity index (χ2n) is 3.15. The molecule has 1 aromatic heterocycles. The number of non-ortho nitro benzene ring substituents is 1. The number of halogens is 1. The van der Waals surface area contributed by atoms with Crippen LogP contribution in [0.15, 0.2) is 47.1 Å². The lowest BCUT2D eigenvalue weighted by Gasteiger charge is -2.05. The number of pyridine rings is 1. The Balaban J connectivity index is 2.28. The molecular weight excluding hydrogens is 288 g/mol. The molecule has 0 aliphatic heterocycles. The first kappa shape index (κ1) is 11.5. The Morgan fingerprint density at radius 3 is 2.82 bits per heavy atom. The van der Waals surface area contributed by atoms with Gasteiger partial charge in [0.2, 0.25) is 5.88 Å². The van der Waals surface area contributed by atoms with Gasteiger partial charge >= 0.3 is 0 Å². The SMILES string of the molecule is O=[N+]([O-])c1cccc(Oc2ncccc2Br)c1. The minimum Gasteiger partial charge on any atom is -0.438 e. The molecule has 0 saturated heterocycles. The topological polar surface area (TPSA) is 65.3 Å². The van der Waals surface area contributed by atoms with Gasteiger partial charge in [0.25, 0.3) is 5.69 Å². The molecule has 0 atom stereocenters. The van der Waals surface area contributed by atoms with Crippen molar-refractivity contribution in [1.29, 1.82) is 0 Å². The van der Waals surface area contributed by atoms with Crippen LogP contribution in [0, 0.1) is 10.1 Å². The summed E-state index contributed by atoms with van der Waals surface area (Å²) in [6.45, 7) is 0. The van der Waals surface area contributed by atoms with Gasteiger partial charge < -0.3 is 4.74 Å². The first-order chi connectivity index (χ1) is 8.16. The lowest BCUT2D eigenvalue weighted by molar-refractivity contribution is -0.384. The van der Waals surface area contributed by atoms with E-state index in [9.17, 15) is 10.1 Å². The average Bonchev–Trinajstić information content (AvgIpc) is 2.32. The summed E-state index contributed by atoms with van der Waals surface area (Å²) in [6, 6.07) is 9.48. The van der Waals surface area contributed by atoms with E-state index in [0.29, 0.717) is 16.1 Å². The molecule has 6 heteroatoms. The third-order valence-electron chi connectivity index (χ3n) is 1.97. The van der Waals surface area contributed by atoms with Gasteiger partial charge in [0.05, 0.1) is 15.5 Å². The maximum absolute atomic E-state index is 10.6. The molecule has 0 aliphatic carbocycles. The zero-order valence-corrected chi connectivity index (χ0v) is 10.1. The second-order valence-corrected chi connectivity index (χ2v) is 4.00. The Bertz CT molecular complexity index is 560. The van der Waals surface area contributed by atoms with Gasteiger partial charge in [-0.05, 0) is 34.1 Å². The number of hydrogen-bond donors (Lipinski definition) is 0. The summed E-state index contributed by atoms with van der Waals surface area (Å²) in [7, 11) is 0. The van der Waals surface area contributed by atoms with Crippen molar-refractivity contribution >= 4 is 21.6 Å². The Morgan fingerprint density at radius 1 is 1.29 bits per heavy atom. The second kappa shape index (κ2) is 4.92. The highest BCUT2D eigenvalue weighted by atomic mass is 79.9. The van der Waals surface area contributed by atoms with E-state index < -0.39 is 4.92 Å². The van der Waals surface area contributed by atoms with Crippen molar-refractivity contribution in [2.45, 2.75) is 0 Å². The first-order valence-electron chi connectivity index (χ1n) is 4.69. The molecule has 2 aromatic rings. The highest BCUT2D eigenvalue weighted by Crippen LogP contribution is 2.28. The van der Waals surface area contributed by atoms with Crippen LogP contribution in [0.5, 0.6) is 11.6 Å². The minimum atomic E-state index is -0.472. The number of rotatable bonds is 3. The lowest BCUT2D eigenvalue weighted by Crippen LogP contribution is -1.91. The molecule has 17 heavy (non-hydrogen) atoms. The fourth-order valence-corrected chi connectivity index (χ4v) is 1.55. The van der Waals surface area contributed by atoms with Crippen molar-refractivity contribution in [2.75, 3.05) is 0 Å². The Hall–Kier alpha value is -1.95. The number of aromatic nitrogens is 1. The summed E-state index contributed by atoms with van der Waals surface area (Å²) < 4.78 is 6.12. The molecule has 0 unspecified atom stereocenters. The molecule has 2 rings (SSSR count). The van der Waals surface area contributed by atoms with E-state index >= 15 is 0 Å². The summed E-state index contributed by atoms with van der Waals surface area (Å²) in [5.41, 5.74) is -0.0189. The molecule has 0 N–H and O–H groups in total. The van der Waals surface area contributed by atoms with Crippen LogP contribution in [0.4, 0.5) is 5.69 Å². The van der Waals surface area contributed by atoms with Crippen LogP contribution in [0.25, 0.3) is 0 Å². The van der Waals surface area contributed by atoms with Crippen molar-refractivity contribution < 1.29 is 9.66 Å². The van der Waals surface area contributed by atoms with Crippen LogP contribution in [0.2, 0.25) is 0 Å². The summed E-state index contributed by atoms with van der Waals surface area (Å²) in [5.74, 6) is 0.742. The van der Waals surface area contributed by atoms with Gasteiger partial charge in [-0.2, -0.15) is 0 Å². The van der Waals surface area contributed by atoms with E-state index in [2.05, 4.69) is 20.9 Å². The summed E-state index contributed by atoms with van der Waals surface area (Å²) in [5, 5.41) is 10.6. The number of ether oxygens (including phenoxy) is 1. The van der Waals surface area contributed by atoms with Crippen LogP contribution in [0.3, 0.4) is 0 Å². The van der Waals surface area contributed by atoms with E-state index in [0.717, 1.165) is 0 Å². The van der Waals surface area contributed by atoms with Gasteiger partial charge in [-0.15, -0.1) is 0 Å². The molecule has 1 aromatic carbocycles. The summed E-state index contributed by atoms with van der Waals surface area (Å²) >= 11 is 3.28. The van der Waals surface area contributed by atoms with E-state index in [1.54, 1.807) is 30.5 Å². The molecule has 0 fully saturated rings. The molecule has 1 heterocycles. The maximum Gasteiger partial charge on any atom is 0.273 e. The van der Waals surface area contributed by atoms with Gasteiger partial charge in [0.15, 0.2) is 0 Å². The van der Waals surface area contributed by atoms with Crippen LogP contribution < -0.4 is 4.74 Å². The van der Waals surface area contributed by atoms with Gasteiger partial charge in [-0.3, -0.25) is 10.1 Å². The summed E-state index contributed by atoms with van der Waals surface area (Å²) in [6.07, 6.45) is 1.58. The fraction of sp³-hybridized carbons (Fsp3) is 0. The van der Waals surface area contributed by atoms with Crippen molar-refractivity contribution in [1.82, 2.24) is 4.98 Å². The quantitative estimate of drug-likeness (QED) is 0.641. The zero-order chi connectivity index (χ0) is 12.3. The molecule has 5 nitrogen and oxygen atoms in total. The smallest absolute Gasteiger partial charge is 0.273 e. The van der Waals surface area contributed by atoms with Crippen molar-refractivity contribution in [3.8, 4) is 11.6 Å². The number of hydrogen-bond acceptors (Lipinski definition) is 4. The van der Waals surface area contributed by atoms with Crippen molar-refractivity contribution in [3.63, 3.8) is 0 Å². The first-order valence-corrected chi connectivity index (χ1v) is 5.49. The molecule has 0 amide bonds. The lowest BCUT2D eigenvalue weighted by atomic mass is 10.3. The predicted octanol–water partition coefficient (Wildman–Crippen LogP) is 3.54. The van der Waals surface area contributed by atoms with Crippen molar-refractivity contribution in [3.05, 3.63) is 57.2 Å². The Kier molecular flexibility index (Phi) is 3.34. The van der Waals surface area contributed by atoms with Gasteiger partial charge in [-0.25, -0.2) is 4.98 Å². The molecule has 86 valence electrons. The van der Waals surface area contributed by atoms with E-state index in [4.69, 9.17) is 4.74 Å². The van der Waals surface area contributed by atoms with Crippen molar-refractivity contribution in [2.24, 2.45) is 0 Å². The van der Waals surface area contributed by atoms with Crippen LogP contribution in [0.1, 0.15) is 0 Å². The van der Waals surface area contributed by atoms with Crippen LogP contribution in [-0.4, -0.2) is 9.91 Å². The molecular formula is C11H7BrN2O3. The standard InChI is InChI=1S/C11H7BrN2O3/c12-10-5-2-6-13-11(10)17-9-4-1-3-8(7-9)14(15)16/h1-7H.